The number of hydrogen-bond donors (Lipinski definition) is 2. The number of carbonyl (C=O) groups excluding carboxylic acids is 1. The van der Waals surface area contributed by atoms with Crippen molar-refractivity contribution in [3.05, 3.63) is 63.1 Å². The second-order valence-corrected chi connectivity index (χ2v) is 8.79. The normalized spacial score (nSPS) is 21.1. The number of amides is 1. The Kier molecular flexibility index (Phi) is 7.36. The van der Waals surface area contributed by atoms with E-state index in [-0.39, 0.29) is 39.8 Å². The van der Waals surface area contributed by atoms with Crippen LogP contribution in [0, 0.1) is 0 Å². The van der Waals surface area contributed by atoms with Gasteiger partial charge in [0.15, 0.2) is 0 Å². The predicted octanol–water partition coefficient (Wildman–Crippen LogP) is 6.07. The summed E-state index contributed by atoms with van der Waals surface area (Å²) in [6, 6.07) is 6.24. The molecule has 0 aromatic heterocycles. The lowest BCUT2D eigenvalue weighted by Crippen LogP contribution is -2.52. The van der Waals surface area contributed by atoms with Gasteiger partial charge in [-0.3, -0.25) is 4.79 Å². The number of carbonyl (C=O) groups is 1. The number of nitrogens with one attached hydrogen (secondary N) is 1. The molecule has 1 heterocycles. The van der Waals surface area contributed by atoms with Gasteiger partial charge in [-0.25, -0.2) is 0 Å². The number of hydrogen-bond acceptors (Lipinski definition) is 3. The molecular formula is C22H20Cl2F6N2O2. The predicted molar refractivity (Wildman–Crippen MR) is 116 cm³/mol. The highest BCUT2D eigenvalue weighted by Gasteiger charge is 2.65. The quantitative estimate of drug-likeness (QED) is 0.463. The van der Waals surface area contributed by atoms with Gasteiger partial charge in [0.05, 0.1) is 5.56 Å². The van der Waals surface area contributed by atoms with Crippen molar-refractivity contribution in [3.8, 4) is 0 Å². The third-order valence-electron chi connectivity index (χ3n) is 5.89. The molecule has 0 aliphatic carbocycles. The third kappa shape index (κ3) is 4.94. The lowest BCUT2D eigenvalue weighted by Gasteiger charge is -2.37. The standard InChI is InChI=1S/C22H20Cl2F6N2O2/c1-2-18(33)31-11-12-3-4-16(10-17(12)21(25,26)27)32-6-5-20(19(32)34,22(28,29)30)13-7-14(23)9-15(24)8-13/h3-4,7-10,19,34H,2,5-6,11H2,1H3,(H,31,33). The zero-order chi connectivity index (χ0) is 25.5. The Bertz CT molecular complexity index is 1060. The van der Waals surface area contributed by atoms with Crippen molar-refractivity contribution in [2.75, 3.05) is 11.4 Å². The number of aliphatic hydroxyl groups is 1. The van der Waals surface area contributed by atoms with Gasteiger partial charge in [-0.15, -0.1) is 0 Å². The maximum absolute atomic E-state index is 14.4. The number of aliphatic hydroxyl groups excluding tert-OH is 1. The van der Waals surface area contributed by atoms with Crippen LogP contribution < -0.4 is 10.2 Å². The van der Waals surface area contributed by atoms with Crippen LogP contribution in [0.4, 0.5) is 32.0 Å². The summed E-state index contributed by atoms with van der Waals surface area (Å²) in [6.07, 6.45) is -12.6. The zero-order valence-electron chi connectivity index (χ0n) is 17.7. The molecule has 2 N–H and O–H groups in total. The molecule has 2 atom stereocenters. The van der Waals surface area contributed by atoms with Crippen LogP contribution in [0.3, 0.4) is 0 Å². The number of rotatable bonds is 5. The highest BCUT2D eigenvalue weighted by Crippen LogP contribution is 2.52. The van der Waals surface area contributed by atoms with Crippen molar-refractivity contribution in [1.29, 1.82) is 0 Å². The van der Waals surface area contributed by atoms with Crippen LogP contribution in [0.2, 0.25) is 10.0 Å². The molecule has 2 unspecified atom stereocenters. The van der Waals surface area contributed by atoms with Crippen LogP contribution in [-0.2, 0) is 22.9 Å². The molecule has 12 heteroatoms. The molecule has 0 spiro atoms. The second-order valence-electron chi connectivity index (χ2n) is 7.91. The lowest BCUT2D eigenvalue weighted by molar-refractivity contribution is -0.210. The van der Waals surface area contributed by atoms with Crippen LogP contribution in [0.1, 0.15) is 36.5 Å². The highest BCUT2D eigenvalue weighted by atomic mass is 35.5. The fourth-order valence-corrected chi connectivity index (χ4v) is 4.65. The molecule has 1 fully saturated rings. The number of benzene rings is 2. The van der Waals surface area contributed by atoms with Gasteiger partial charge in [-0.2, -0.15) is 26.3 Å². The Balaban J connectivity index is 2.05. The Morgan fingerprint density at radius 3 is 2.26 bits per heavy atom. The molecule has 0 saturated carbocycles. The van der Waals surface area contributed by atoms with E-state index in [4.69, 9.17) is 23.2 Å². The van der Waals surface area contributed by atoms with Crippen molar-refractivity contribution >= 4 is 34.8 Å². The molecule has 2 aromatic rings. The SMILES string of the molecule is CCC(=O)NCc1ccc(N2CCC(c3cc(Cl)cc(Cl)c3)(C(F)(F)F)C2O)cc1C(F)(F)F. The fourth-order valence-electron chi connectivity index (χ4n) is 4.12. The van der Waals surface area contributed by atoms with Gasteiger partial charge < -0.3 is 15.3 Å². The fraction of sp³-hybridized carbons (Fsp3) is 0.409. The summed E-state index contributed by atoms with van der Waals surface area (Å²) in [5.41, 5.74) is -4.83. The van der Waals surface area contributed by atoms with E-state index < -0.39 is 48.4 Å². The average molecular weight is 529 g/mol. The minimum Gasteiger partial charge on any atom is -0.372 e. The zero-order valence-corrected chi connectivity index (χ0v) is 19.2. The lowest BCUT2D eigenvalue weighted by atomic mass is 9.77. The summed E-state index contributed by atoms with van der Waals surface area (Å²) < 4.78 is 84.2. The maximum atomic E-state index is 14.4. The number of anilines is 1. The third-order valence-corrected chi connectivity index (χ3v) is 6.33. The van der Waals surface area contributed by atoms with E-state index in [9.17, 15) is 36.2 Å². The summed E-state index contributed by atoms with van der Waals surface area (Å²) in [7, 11) is 0. The first kappa shape index (κ1) is 26.4. The molecule has 186 valence electrons. The summed E-state index contributed by atoms with van der Waals surface area (Å²) in [5, 5.41) is 13.1. The first-order valence-electron chi connectivity index (χ1n) is 10.2. The topological polar surface area (TPSA) is 52.6 Å². The molecule has 3 rings (SSSR count). The van der Waals surface area contributed by atoms with Crippen LogP contribution in [-0.4, -0.2) is 30.0 Å². The Labute approximate surface area is 201 Å². The monoisotopic (exact) mass is 528 g/mol. The van der Waals surface area contributed by atoms with Gasteiger partial charge in [0.2, 0.25) is 5.91 Å². The van der Waals surface area contributed by atoms with Crippen LogP contribution in [0.5, 0.6) is 0 Å². The van der Waals surface area contributed by atoms with Crippen LogP contribution >= 0.6 is 23.2 Å². The van der Waals surface area contributed by atoms with Crippen molar-refractivity contribution in [2.24, 2.45) is 0 Å². The van der Waals surface area contributed by atoms with Crippen molar-refractivity contribution in [1.82, 2.24) is 5.32 Å². The van der Waals surface area contributed by atoms with E-state index in [1.165, 1.54) is 19.1 Å². The molecule has 4 nitrogen and oxygen atoms in total. The van der Waals surface area contributed by atoms with Gasteiger partial charge >= 0.3 is 12.4 Å². The Morgan fingerprint density at radius 1 is 1.12 bits per heavy atom. The maximum Gasteiger partial charge on any atom is 0.416 e. The van der Waals surface area contributed by atoms with Gasteiger partial charge in [0, 0.05) is 35.2 Å². The molecule has 0 radical (unpaired) electrons. The number of halogens is 8. The number of nitrogens with zero attached hydrogens (tertiary/aromatic N) is 1. The van der Waals surface area contributed by atoms with E-state index in [0.29, 0.717) is 6.07 Å². The Morgan fingerprint density at radius 2 is 1.74 bits per heavy atom. The van der Waals surface area contributed by atoms with Crippen molar-refractivity contribution in [2.45, 2.75) is 50.3 Å². The summed E-state index contributed by atoms with van der Waals surface area (Å²) in [5.74, 6) is -0.456. The Hall–Kier alpha value is -2.17. The van der Waals surface area contributed by atoms with Crippen molar-refractivity contribution in [3.63, 3.8) is 0 Å². The van der Waals surface area contributed by atoms with Crippen LogP contribution in [0.25, 0.3) is 0 Å². The summed E-state index contributed by atoms with van der Waals surface area (Å²) >= 11 is 11.8. The minimum atomic E-state index is -4.97. The van der Waals surface area contributed by atoms with Gasteiger partial charge in [0.1, 0.15) is 11.6 Å². The highest BCUT2D eigenvalue weighted by molar-refractivity contribution is 6.34. The molecule has 34 heavy (non-hydrogen) atoms. The van der Waals surface area contributed by atoms with Gasteiger partial charge in [-0.1, -0.05) is 36.2 Å². The van der Waals surface area contributed by atoms with E-state index in [2.05, 4.69) is 5.32 Å². The first-order valence-corrected chi connectivity index (χ1v) is 10.9. The second kappa shape index (κ2) is 9.47. The minimum absolute atomic E-state index is 0.0744. The first-order chi connectivity index (χ1) is 15.7. The van der Waals surface area contributed by atoms with Crippen LogP contribution in [0.15, 0.2) is 36.4 Å². The van der Waals surface area contributed by atoms with E-state index in [1.54, 1.807) is 0 Å². The average Bonchev–Trinajstić information content (AvgIpc) is 3.08. The molecular weight excluding hydrogens is 509 g/mol. The molecule has 0 bridgehead atoms. The molecule has 2 aromatic carbocycles. The summed E-state index contributed by atoms with van der Waals surface area (Å²) in [4.78, 5) is 12.3. The molecule has 1 aliphatic heterocycles. The van der Waals surface area contributed by atoms with E-state index >= 15 is 0 Å². The van der Waals surface area contributed by atoms with Gasteiger partial charge in [-0.05, 0) is 47.9 Å². The van der Waals surface area contributed by atoms with E-state index in [1.807, 2.05) is 0 Å². The smallest absolute Gasteiger partial charge is 0.372 e. The van der Waals surface area contributed by atoms with E-state index in [0.717, 1.165) is 23.1 Å². The molecule has 1 amide bonds. The van der Waals surface area contributed by atoms with Gasteiger partial charge in [0.25, 0.3) is 0 Å². The van der Waals surface area contributed by atoms with Crippen molar-refractivity contribution < 1.29 is 36.2 Å². The molecule has 1 saturated heterocycles. The largest absolute Gasteiger partial charge is 0.416 e. The number of alkyl halides is 6. The summed E-state index contributed by atoms with van der Waals surface area (Å²) in [6.45, 7) is 0.754. The molecule has 1 aliphatic rings.